The number of carbonyl (C=O) groups excluding carboxylic acids is 2. The van der Waals surface area contributed by atoms with Crippen molar-refractivity contribution in [2.75, 3.05) is 19.6 Å². The van der Waals surface area contributed by atoms with E-state index in [0.717, 1.165) is 25.9 Å². The Morgan fingerprint density at radius 3 is 2.77 bits per heavy atom. The van der Waals surface area contributed by atoms with E-state index in [4.69, 9.17) is 16.1 Å². The van der Waals surface area contributed by atoms with Crippen molar-refractivity contribution >= 4 is 23.4 Å². The molecule has 1 aliphatic rings. The lowest BCUT2D eigenvalue weighted by Crippen LogP contribution is -2.33. The number of likely N-dealkylation sites (tertiary alicyclic amines) is 1. The van der Waals surface area contributed by atoms with Crippen LogP contribution in [0.1, 0.15) is 35.4 Å². The molecule has 0 atom stereocenters. The molecular formula is C18H19ClFN3O3. The van der Waals surface area contributed by atoms with Gasteiger partial charge in [-0.3, -0.25) is 9.59 Å². The quantitative estimate of drug-likeness (QED) is 0.865. The molecule has 0 unspecified atom stereocenters. The van der Waals surface area contributed by atoms with Crippen molar-refractivity contribution in [1.29, 1.82) is 0 Å². The summed E-state index contributed by atoms with van der Waals surface area (Å²) in [5.74, 6) is -0.804. The molecule has 0 bridgehead atoms. The summed E-state index contributed by atoms with van der Waals surface area (Å²) in [4.78, 5) is 26.4. The van der Waals surface area contributed by atoms with Gasteiger partial charge in [-0.15, -0.1) is 0 Å². The number of aromatic nitrogens is 1. The minimum atomic E-state index is -0.593. The van der Waals surface area contributed by atoms with Crippen LogP contribution in [-0.4, -0.2) is 41.5 Å². The molecule has 1 aromatic heterocycles. The number of hydrogen-bond acceptors (Lipinski definition) is 4. The highest BCUT2D eigenvalue weighted by molar-refractivity contribution is 6.33. The number of nitrogens with zero attached hydrogens (tertiary/aromatic N) is 2. The van der Waals surface area contributed by atoms with E-state index in [1.54, 1.807) is 11.8 Å². The molecule has 0 spiro atoms. The van der Waals surface area contributed by atoms with Gasteiger partial charge in [-0.2, -0.15) is 0 Å². The second kappa shape index (κ2) is 7.86. The molecule has 0 aliphatic carbocycles. The zero-order valence-electron chi connectivity index (χ0n) is 14.3. The summed E-state index contributed by atoms with van der Waals surface area (Å²) in [6.07, 6.45) is 2.25. The zero-order chi connectivity index (χ0) is 18.7. The van der Waals surface area contributed by atoms with Gasteiger partial charge in [0.1, 0.15) is 22.8 Å². The fourth-order valence-electron chi connectivity index (χ4n) is 3.03. The summed E-state index contributed by atoms with van der Waals surface area (Å²) in [5, 5.41) is 6.61. The van der Waals surface area contributed by atoms with Gasteiger partial charge in [0.25, 0.3) is 5.91 Å². The third-order valence-corrected chi connectivity index (χ3v) is 4.69. The summed E-state index contributed by atoms with van der Waals surface area (Å²) in [6.45, 7) is 3.29. The van der Waals surface area contributed by atoms with Crippen molar-refractivity contribution in [1.82, 2.24) is 15.4 Å². The fourth-order valence-corrected chi connectivity index (χ4v) is 3.28. The van der Waals surface area contributed by atoms with E-state index in [9.17, 15) is 14.0 Å². The van der Waals surface area contributed by atoms with Gasteiger partial charge in [0.05, 0.1) is 10.6 Å². The van der Waals surface area contributed by atoms with Crippen LogP contribution in [0, 0.1) is 12.7 Å². The Bertz CT molecular complexity index is 811. The number of aryl methyl sites for hydroxylation is 1. The minimum Gasteiger partial charge on any atom is -0.360 e. The van der Waals surface area contributed by atoms with Crippen LogP contribution in [0.3, 0.4) is 0 Å². The minimum absolute atomic E-state index is 0.0159. The number of halogens is 2. The molecular weight excluding hydrogens is 361 g/mol. The molecule has 8 heteroatoms. The second-order valence-corrected chi connectivity index (χ2v) is 6.56. The summed E-state index contributed by atoms with van der Waals surface area (Å²) >= 11 is 6.07. The number of hydrogen-bond donors (Lipinski definition) is 1. The number of benzene rings is 1. The third kappa shape index (κ3) is 3.72. The van der Waals surface area contributed by atoms with Crippen LogP contribution >= 0.6 is 11.6 Å². The van der Waals surface area contributed by atoms with Crippen LogP contribution in [0.15, 0.2) is 22.7 Å². The molecule has 138 valence electrons. The predicted octanol–water partition coefficient (Wildman–Crippen LogP) is 3.18. The normalized spacial score (nSPS) is 13.9. The van der Waals surface area contributed by atoms with Gasteiger partial charge in [0.2, 0.25) is 5.91 Å². The van der Waals surface area contributed by atoms with Crippen molar-refractivity contribution in [3.8, 4) is 11.3 Å². The fraction of sp³-hybridized carbons (Fsp3) is 0.389. The topological polar surface area (TPSA) is 75.4 Å². The summed E-state index contributed by atoms with van der Waals surface area (Å²) in [5.41, 5.74) is 0.184. The number of carbonyl (C=O) groups is 2. The number of amides is 2. The van der Waals surface area contributed by atoms with E-state index in [1.165, 1.54) is 18.2 Å². The Labute approximate surface area is 155 Å². The lowest BCUT2D eigenvalue weighted by Gasteiger charge is -2.15. The van der Waals surface area contributed by atoms with E-state index in [1.807, 2.05) is 0 Å². The molecule has 26 heavy (non-hydrogen) atoms. The first-order chi connectivity index (χ1) is 12.5. The average Bonchev–Trinajstić information content (AvgIpc) is 3.25. The maximum Gasteiger partial charge on any atom is 0.257 e. The van der Waals surface area contributed by atoms with Crippen LogP contribution < -0.4 is 5.32 Å². The molecule has 1 saturated heterocycles. The van der Waals surface area contributed by atoms with E-state index in [0.29, 0.717) is 0 Å². The molecule has 0 radical (unpaired) electrons. The van der Waals surface area contributed by atoms with Gasteiger partial charge in [0, 0.05) is 26.1 Å². The Morgan fingerprint density at radius 1 is 1.35 bits per heavy atom. The first kappa shape index (κ1) is 18.4. The number of nitrogens with one attached hydrogen (secondary N) is 1. The highest BCUT2D eigenvalue weighted by Crippen LogP contribution is 2.33. The lowest BCUT2D eigenvalue weighted by molar-refractivity contribution is -0.129. The molecule has 2 heterocycles. The van der Waals surface area contributed by atoms with Crippen LogP contribution in [0.25, 0.3) is 11.3 Å². The van der Waals surface area contributed by atoms with Gasteiger partial charge >= 0.3 is 0 Å². The average molecular weight is 380 g/mol. The smallest absolute Gasteiger partial charge is 0.257 e. The molecule has 2 amide bonds. The summed E-state index contributed by atoms with van der Waals surface area (Å²) in [7, 11) is 0. The van der Waals surface area contributed by atoms with Crippen molar-refractivity contribution in [2.24, 2.45) is 0 Å². The Morgan fingerprint density at radius 2 is 2.08 bits per heavy atom. The van der Waals surface area contributed by atoms with Gasteiger partial charge < -0.3 is 14.7 Å². The van der Waals surface area contributed by atoms with Gasteiger partial charge in [-0.05, 0) is 31.9 Å². The largest absolute Gasteiger partial charge is 0.360 e. The maximum absolute atomic E-state index is 14.2. The lowest BCUT2D eigenvalue weighted by atomic mass is 10.0. The summed E-state index contributed by atoms with van der Waals surface area (Å²) < 4.78 is 19.3. The monoisotopic (exact) mass is 379 g/mol. The first-order valence-corrected chi connectivity index (χ1v) is 8.83. The van der Waals surface area contributed by atoms with E-state index in [-0.39, 0.29) is 46.5 Å². The van der Waals surface area contributed by atoms with Crippen LogP contribution in [0.5, 0.6) is 0 Å². The second-order valence-electron chi connectivity index (χ2n) is 6.15. The van der Waals surface area contributed by atoms with Gasteiger partial charge in [-0.25, -0.2) is 4.39 Å². The Kier molecular flexibility index (Phi) is 5.56. The maximum atomic E-state index is 14.2. The van der Waals surface area contributed by atoms with Crippen LogP contribution in [0.2, 0.25) is 5.02 Å². The molecule has 6 nitrogen and oxygen atoms in total. The van der Waals surface area contributed by atoms with Crippen molar-refractivity contribution in [3.05, 3.63) is 40.4 Å². The van der Waals surface area contributed by atoms with Crippen LogP contribution in [-0.2, 0) is 4.79 Å². The van der Waals surface area contributed by atoms with E-state index >= 15 is 0 Å². The van der Waals surface area contributed by atoms with Gasteiger partial charge in [0.15, 0.2) is 0 Å². The van der Waals surface area contributed by atoms with Crippen molar-refractivity contribution in [2.45, 2.75) is 26.2 Å². The Hall–Kier alpha value is -2.41. The SMILES string of the molecule is Cc1onc(-c2c(F)cccc2Cl)c1C(=O)NCCC(=O)N1CCCC1. The van der Waals surface area contributed by atoms with Crippen molar-refractivity contribution < 1.29 is 18.5 Å². The molecule has 1 aromatic carbocycles. The number of rotatable bonds is 5. The first-order valence-electron chi connectivity index (χ1n) is 8.45. The predicted molar refractivity (Wildman–Crippen MR) is 94.4 cm³/mol. The molecule has 1 N–H and O–H groups in total. The van der Waals surface area contributed by atoms with Crippen LogP contribution in [0.4, 0.5) is 4.39 Å². The third-order valence-electron chi connectivity index (χ3n) is 4.37. The standard InChI is InChI=1S/C18H19ClFN3O3/c1-11-15(17(22-26-11)16-12(19)5-4-6-13(16)20)18(25)21-8-7-14(24)23-9-2-3-10-23/h4-6H,2-3,7-10H2,1H3,(H,21,25). The molecule has 2 aromatic rings. The molecule has 1 fully saturated rings. The Balaban J connectivity index is 1.72. The molecule has 3 rings (SSSR count). The van der Waals surface area contributed by atoms with E-state index < -0.39 is 11.7 Å². The van der Waals surface area contributed by atoms with Gasteiger partial charge in [-0.1, -0.05) is 22.8 Å². The highest BCUT2D eigenvalue weighted by atomic mass is 35.5. The van der Waals surface area contributed by atoms with E-state index in [2.05, 4.69) is 10.5 Å². The highest BCUT2D eigenvalue weighted by Gasteiger charge is 2.25. The zero-order valence-corrected chi connectivity index (χ0v) is 15.1. The molecule has 0 saturated carbocycles. The molecule has 1 aliphatic heterocycles. The summed E-state index contributed by atoms with van der Waals surface area (Å²) in [6, 6.07) is 4.22. The van der Waals surface area contributed by atoms with Crippen molar-refractivity contribution in [3.63, 3.8) is 0 Å².